The Balaban J connectivity index is 2.45. The fourth-order valence-corrected chi connectivity index (χ4v) is 1.91. The van der Waals surface area contributed by atoms with E-state index in [9.17, 15) is 8.42 Å². The van der Waals surface area contributed by atoms with Crippen LogP contribution < -0.4 is 0 Å². The summed E-state index contributed by atoms with van der Waals surface area (Å²) in [7, 11) is -3.81. The second kappa shape index (κ2) is 5.28. The van der Waals surface area contributed by atoms with Crippen LogP contribution in [-0.4, -0.2) is 18.7 Å². The van der Waals surface area contributed by atoms with E-state index in [2.05, 4.69) is 6.92 Å². The molecule has 0 spiro atoms. The highest BCUT2D eigenvalue weighted by Crippen LogP contribution is 2.07. The van der Waals surface area contributed by atoms with Gasteiger partial charge in [0.15, 0.2) is 0 Å². The van der Waals surface area contributed by atoms with Gasteiger partial charge in [-0.15, -0.1) is 0 Å². The summed E-state index contributed by atoms with van der Waals surface area (Å²) in [6.45, 7) is 2.09. The SMILES string of the molecule is CCc1ccc(CCCS(=O)(=O)O)cc1. The molecule has 84 valence electrons. The zero-order valence-electron chi connectivity index (χ0n) is 8.81. The van der Waals surface area contributed by atoms with Gasteiger partial charge in [-0.1, -0.05) is 31.2 Å². The maximum Gasteiger partial charge on any atom is 0.264 e. The largest absolute Gasteiger partial charge is 0.286 e. The highest BCUT2D eigenvalue weighted by molar-refractivity contribution is 7.85. The fraction of sp³-hybridized carbons (Fsp3) is 0.455. The molecule has 0 aromatic heterocycles. The Morgan fingerprint density at radius 2 is 1.67 bits per heavy atom. The molecule has 0 fully saturated rings. The third kappa shape index (κ3) is 4.95. The van der Waals surface area contributed by atoms with Gasteiger partial charge in [0.1, 0.15) is 0 Å². The van der Waals surface area contributed by atoms with Gasteiger partial charge < -0.3 is 0 Å². The van der Waals surface area contributed by atoms with Gasteiger partial charge in [-0.2, -0.15) is 8.42 Å². The second-order valence-corrected chi connectivity index (χ2v) is 5.13. The summed E-state index contributed by atoms with van der Waals surface area (Å²) in [6, 6.07) is 8.09. The van der Waals surface area contributed by atoms with Crippen molar-refractivity contribution in [2.45, 2.75) is 26.2 Å². The van der Waals surface area contributed by atoms with Crippen molar-refractivity contribution in [3.63, 3.8) is 0 Å². The van der Waals surface area contributed by atoms with Crippen molar-refractivity contribution < 1.29 is 13.0 Å². The van der Waals surface area contributed by atoms with Crippen LogP contribution >= 0.6 is 0 Å². The van der Waals surface area contributed by atoms with Crippen LogP contribution in [0.15, 0.2) is 24.3 Å². The Labute approximate surface area is 90.9 Å². The Bertz CT molecular complexity index is 392. The predicted molar refractivity (Wildman–Crippen MR) is 60.6 cm³/mol. The third-order valence-corrected chi connectivity index (χ3v) is 3.10. The quantitative estimate of drug-likeness (QED) is 0.785. The normalized spacial score (nSPS) is 11.6. The topological polar surface area (TPSA) is 54.4 Å². The van der Waals surface area contributed by atoms with Crippen molar-refractivity contribution >= 4 is 10.1 Å². The van der Waals surface area contributed by atoms with Crippen LogP contribution in [0.4, 0.5) is 0 Å². The fourth-order valence-electron chi connectivity index (χ4n) is 1.40. The second-order valence-electron chi connectivity index (χ2n) is 3.56. The molecule has 1 N–H and O–H groups in total. The summed E-state index contributed by atoms with van der Waals surface area (Å²) < 4.78 is 29.5. The van der Waals surface area contributed by atoms with Crippen molar-refractivity contribution in [1.29, 1.82) is 0 Å². The average Bonchev–Trinajstić information content (AvgIpc) is 2.17. The molecule has 1 aromatic rings. The van der Waals surface area contributed by atoms with Gasteiger partial charge in [0.25, 0.3) is 10.1 Å². The Morgan fingerprint density at radius 1 is 1.13 bits per heavy atom. The maximum absolute atomic E-state index is 10.5. The van der Waals surface area contributed by atoms with E-state index >= 15 is 0 Å². The van der Waals surface area contributed by atoms with Crippen LogP contribution in [0.5, 0.6) is 0 Å². The molecule has 3 nitrogen and oxygen atoms in total. The average molecular weight is 228 g/mol. The minimum atomic E-state index is -3.81. The molecule has 4 heteroatoms. The van der Waals surface area contributed by atoms with Crippen LogP contribution in [0, 0.1) is 0 Å². The van der Waals surface area contributed by atoms with Gasteiger partial charge in [-0.25, -0.2) is 0 Å². The lowest BCUT2D eigenvalue weighted by Gasteiger charge is -2.01. The third-order valence-electron chi connectivity index (χ3n) is 2.30. The van der Waals surface area contributed by atoms with Crippen molar-refractivity contribution in [3.05, 3.63) is 35.4 Å². The summed E-state index contributed by atoms with van der Waals surface area (Å²) in [4.78, 5) is 0. The zero-order chi connectivity index (χ0) is 11.3. The van der Waals surface area contributed by atoms with E-state index in [1.165, 1.54) is 5.56 Å². The minimum Gasteiger partial charge on any atom is -0.286 e. The molecule has 0 amide bonds. The number of benzene rings is 1. The molecule has 1 rings (SSSR count). The smallest absolute Gasteiger partial charge is 0.264 e. The highest BCUT2D eigenvalue weighted by Gasteiger charge is 2.03. The highest BCUT2D eigenvalue weighted by atomic mass is 32.2. The van der Waals surface area contributed by atoms with Crippen LogP contribution in [0.1, 0.15) is 24.5 Å². The standard InChI is InChI=1S/C11H16O3S/c1-2-10-5-7-11(8-6-10)4-3-9-15(12,13)14/h5-8H,2-4,9H2,1H3,(H,12,13,14). The molecule has 0 aliphatic rings. The number of hydrogen-bond acceptors (Lipinski definition) is 2. The lowest BCUT2D eigenvalue weighted by Crippen LogP contribution is -2.04. The van der Waals surface area contributed by atoms with Gasteiger partial charge >= 0.3 is 0 Å². The lowest BCUT2D eigenvalue weighted by molar-refractivity contribution is 0.481. The van der Waals surface area contributed by atoms with Gasteiger partial charge in [0.05, 0.1) is 5.75 Å². The molecule has 0 radical (unpaired) electrons. The Hall–Kier alpha value is -0.870. The molecule has 1 aromatic carbocycles. The molecule has 0 atom stereocenters. The van der Waals surface area contributed by atoms with Gasteiger partial charge in [0.2, 0.25) is 0 Å². The van der Waals surface area contributed by atoms with Crippen LogP contribution in [0.2, 0.25) is 0 Å². The van der Waals surface area contributed by atoms with Crippen LogP contribution in [-0.2, 0) is 23.0 Å². The van der Waals surface area contributed by atoms with E-state index in [0.29, 0.717) is 12.8 Å². The molecule has 15 heavy (non-hydrogen) atoms. The molecule has 0 unspecified atom stereocenters. The maximum atomic E-state index is 10.5. The van der Waals surface area contributed by atoms with Crippen molar-refractivity contribution in [2.24, 2.45) is 0 Å². The number of rotatable bonds is 5. The van der Waals surface area contributed by atoms with Gasteiger partial charge in [-0.3, -0.25) is 4.55 Å². The summed E-state index contributed by atoms with van der Waals surface area (Å²) in [5.74, 6) is -0.164. The van der Waals surface area contributed by atoms with Crippen molar-refractivity contribution in [3.8, 4) is 0 Å². The van der Waals surface area contributed by atoms with E-state index in [1.807, 2.05) is 24.3 Å². The first-order valence-electron chi connectivity index (χ1n) is 5.04. The van der Waals surface area contributed by atoms with E-state index in [0.717, 1.165) is 12.0 Å². The lowest BCUT2D eigenvalue weighted by atomic mass is 10.1. The Morgan fingerprint density at radius 3 is 2.13 bits per heavy atom. The molecule has 0 saturated heterocycles. The zero-order valence-corrected chi connectivity index (χ0v) is 9.63. The summed E-state index contributed by atoms with van der Waals surface area (Å²) in [5.41, 5.74) is 2.38. The summed E-state index contributed by atoms with van der Waals surface area (Å²) in [6.07, 6.45) is 2.15. The van der Waals surface area contributed by atoms with Crippen molar-refractivity contribution in [1.82, 2.24) is 0 Å². The Kier molecular flexibility index (Phi) is 4.29. The molecular formula is C11H16O3S. The van der Waals surface area contributed by atoms with E-state index in [1.54, 1.807) is 0 Å². The van der Waals surface area contributed by atoms with E-state index in [4.69, 9.17) is 4.55 Å². The molecule has 0 aliphatic carbocycles. The van der Waals surface area contributed by atoms with E-state index < -0.39 is 10.1 Å². The number of hydrogen-bond donors (Lipinski definition) is 1. The summed E-state index contributed by atoms with van der Waals surface area (Å²) in [5, 5.41) is 0. The molecule has 0 heterocycles. The first-order chi connectivity index (χ1) is 7.01. The molecule has 0 bridgehead atoms. The monoisotopic (exact) mass is 228 g/mol. The summed E-state index contributed by atoms with van der Waals surface area (Å²) >= 11 is 0. The first kappa shape index (κ1) is 12.2. The van der Waals surface area contributed by atoms with Crippen LogP contribution in [0.3, 0.4) is 0 Å². The minimum absolute atomic E-state index is 0.164. The molecular weight excluding hydrogens is 212 g/mol. The predicted octanol–water partition coefficient (Wildman–Crippen LogP) is 2.07. The van der Waals surface area contributed by atoms with Gasteiger partial charge in [0, 0.05) is 0 Å². The van der Waals surface area contributed by atoms with Gasteiger partial charge in [-0.05, 0) is 30.4 Å². The molecule has 0 saturated carbocycles. The first-order valence-corrected chi connectivity index (χ1v) is 6.65. The number of aryl methyl sites for hydroxylation is 2. The van der Waals surface area contributed by atoms with Crippen LogP contribution in [0.25, 0.3) is 0 Å². The van der Waals surface area contributed by atoms with Crippen molar-refractivity contribution in [2.75, 3.05) is 5.75 Å². The molecule has 0 aliphatic heterocycles. The van der Waals surface area contributed by atoms with E-state index in [-0.39, 0.29) is 5.75 Å².